The standard InChI is InChI=1S/C19H17ClFI2N5O/c1-18(20,27-16-6-7-24-17-25-11-26-28(16)17)10-12-3-2-8-29-15-9-13(19(21,22)23)4-5-14(12)15/h4-7,9-11,27H,2-3,8H2,1H3/b12-10+. The fraction of sp³-hybridized carbons (Fsp3) is 0.316. The number of nitrogens with one attached hydrogen (secondary N) is 1. The van der Waals surface area contributed by atoms with Crippen LogP contribution in [-0.2, 0) is 1.68 Å². The number of rotatable bonds is 4. The van der Waals surface area contributed by atoms with Crippen molar-refractivity contribution in [2.45, 2.75) is 26.4 Å². The zero-order chi connectivity index (χ0) is 20.6. The molecule has 0 amide bonds. The van der Waals surface area contributed by atoms with Crippen molar-refractivity contribution in [2.75, 3.05) is 11.9 Å². The summed E-state index contributed by atoms with van der Waals surface area (Å²) in [7, 11) is 0. The van der Waals surface area contributed by atoms with Crippen LogP contribution in [0.4, 0.5) is 10.2 Å². The summed E-state index contributed by atoms with van der Waals surface area (Å²) in [6.45, 7) is 2.44. The Morgan fingerprint density at radius 2 is 2.14 bits per heavy atom. The van der Waals surface area contributed by atoms with E-state index in [0.717, 1.165) is 24.0 Å². The van der Waals surface area contributed by atoms with Gasteiger partial charge >= 0.3 is 0 Å². The Balaban J connectivity index is 1.69. The first kappa shape index (κ1) is 21.0. The zero-order valence-electron chi connectivity index (χ0n) is 15.4. The molecule has 1 aliphatic heterocycles. The van der Waals surface area contributed by atoms with E-state index in [1.54, 1.807) is 74.1 Å². The topological polar surface area (TPSA) is 64.3 Å². The van der Waals surface area contributed by atoms with Crippen molar-refractivity contribution in [2.24, 2.45) is 0 Å². The summed E-state index contributed by atoms with van der Waals surface area (Å²) in [5.74, 6) is 1.85. The molecule has 1 atom stereocenters. The summed E-state index contributed by atoms with van der Waals surface area (Å²) in [5.41, 5.74) is 2.54. The van der Waals surface area contributed by atoms with Crippen LogP contribution in [0.15, 0.2) is 42.9 Å². The van der Waals surface area contributed by atoms with Gasteiger partial charge in [0.1, 0.15) is 22.9 Å². The molecular formula is C19H17ClFI2N5O. The number of hydrogen-bond donors (Lipinski definition) is 1. The van der Waals surface area contributed by atoms with Gasteiger partial charge in [0.15, 0.2) is 0 Å². The Hall–Kier alpha value is -1.21. The van der Waals surface area contributed by atoms with Crippen molar-refractivity contribution in [1.29, 1.82) is 0 Å². The Morgan fingerprint density at radius 3 is 2.93 bits per heavy atom. The number of ether oxygens (including phenoxy) is 1. The molecule has 3 heterocycles. The van der Waals surface area contributed by atoms with Crippen molar-refractivity contribution in [3.8, 4) is 5.75 Å². The first-order chi connectivity index (χ1) is 13.7. The van der Waals surface area contributed by atoms with Gasteiger partial charge in [-0.25, -0.2) is 9.37 Å². The number of nitrogens with zero attached hydrogens (tertiary/aromatic N) is 4. The SMILES string of the molecule is CC(Cl)(/C=C1\CCCOc2cc(C(F)(I)I)ccc21)Nc1ccnc2ncnn12. The maximum atomic E-state index is 14.4. The van der Waals surface area contributed by atoms with E-state index in [9.17, 15) is 4.39 Å². The second-order valence-electron chi connectivity index (χ2n) is 6.83. The fourth-order valence-electron chi connectivity index (χ4n) is 3.26. The Morgan fingerprint density at radius 1 is 1.31 bits per heavy atom. The molecule has 1 unspecified atom stereocenters. The summed E-state index contributed by atoms with van der Waals surface area (Å²) in [4.78, 5) is 7.35. The number of halogens is 4. The zero-order valence-corrected chi connectivity index (χ0v) is 20.4. The summed E-state index contributed by atoms with van der Waals surface area (Å²) >= 11 is 10.4. The molecule has 152 valence electrons. The smallest absolute Gasteiger partial charge is 0.254 e. The summed E-state index contributed by atoms with van der Waals surface area (Å²) < 4.78 is 20.3. The lowest BCUT2D eigenvalue weighted by Crippen LogP contribution is -2.27. The van der Waals surface area contributed by atoms with Crippen LogP contribution in [0.25, 0.3) is 11.4 Å². The van der Waals surface area contributed by atoms with E-state index in [-0.39, 0.29) is 0 Å². The minimum Gasteiger partial charge on any atom is -0.493 e. The fourth-order valence-corrected chi connectivity index (χ4v) is 4.16. The summed E-state index contributed by atoms with van der Waals surface area (Å²) in [5, 5.41) is 7.47. The largest absolute Gasteiger partial charge is 0.493 e. The van der Waals surface area contributed by atoms with Crippen molar-refractivity contribution in [3.63, 3.8) is 0 Å². The van der Waals surface area contributed by atoms with Gasteiger partial charge in [-0.1, -0.05) is 23.7 Å². The van der Waals surface area contributed by atoms with Gasteiger partial charge in [0, 0.05) is 17.3 Å². The minimum absolute atomic E-state index is 0.489. The number of alkyl halides is 4. The molecule has 0 saturated heterocycles. The van der Waals surface area contributed by atoms with E-state index in [1.165, 1.54) is 6.33 Å². The highest BCUT2D eigenvalue weighted by atomic mass is 127. The second kappa shape index (κ2) is 8.14. The average Bonchev–Trinajstić information content (AvgIpc) is 3.05. The minimum atomic E-state index is -1.49. The number of aromatic nitrogens is 4. The predicted molar refractivity (Wildman–Crippen MR) is 129 cm³/mol. The van der Waals surface area contributed by atoms with E-state index < -0.39 is 6.68 Å². The molecule has 10 heteroatoms. The monoisotopic (exact) mass is 639 g/mol. The lowest BCUT2D eigenvalue weighted by atomic mass is 9.97. The van der Waals surface area contributed by atoms with Crippen molar-refractivity contribution in [1.82, 2.24) is 19.6 Å². The molecule has 3 aromatic rings. The van der Waals surface area contributed by atoms with Gasteiger partial charge in [0.25, 0.3) is 5.78 Å². The number of allylic oxidation sites excluding steroid dienone is 1. The van der Waals surface area contributed by atoms with Crippen LogP contribution in [0, 0.1) is 0 Å². The van der Waals surface area contributed by atoms with Gasteiger partial charge in [0.05, 0.1) is 6.61 Å². The highest BCUT2D eigenvalue weighted by molar-refractivity contribution is 14.2. The quantitative estimate of drug-likeness (QED) is 0.226. The van der Waals surface area contributed by atoms with Gasteiger partial charge < -0.3 is 10.1 Å². The third-order valence-electron chi connectivity index (χ3n) is 4.50. The lowest BCUT2D eigenvalue weighted by molar-refractivity contribution is 0.317. The second-order valence-corrected chi connectivity index (χ2v) is 12.7. The van der Waals surface area contributed by atoms with E-state index >= 15 is 0 Å². The molecule has 0 aliphatic carbocycles. The molecule has 0 bridgehead atoms. The first-order valence-electron chi connectivity index (χ1n) is 8.91. The summed E-state index contributed by atoms with van der Waals surface area (Å²) in [6, 6.07) is 7.26. The number of anilines is 1. The molecule has 0 spiro atoms. The van der Waals surface area contributed by atoms with Gasteiger partial charge in [0.2, 0.25) is 1.68 Å². The Bertz CT molecular complexity index is 1080. The van der Waals surface area contributed by atoms with E-state index in [0.29, 0.717) is 29.5 Å². The van der Waals surface area contributed by atoms with Crippen LogP contribution in [0.2, 0.25) is 0 Å². The van der Waals surface area contributed by atoms with Gasteiger partial charge in [-0.3, -0.25) is 0 Å². The van der Waals surface area contributed by atoms with E-state index in [2.05, 4.69) is 20.4 Å². The van der Waals surface area contributed by atoms with Gasteiger partial charge in [-0.15, -0.1) is 0 Å². The molecule has 29 heavy (non-hydrogen) atoms. The van der Waals surface area contributed by atoms with Gasteiger partial charge in [-0.2, -0.15) is 14.6 Å². The normalized spacial score (nSPS) is 18.0. The maximum absolute atomic E-state index is 14.4. The maximum Gasteiger partial charge on any atom is 0.254 e. The summed E-state index contributed by atoms with van der Waals surface area (Å²) in [6.07, 6.45) is 6.72. The first-order valence-corrected chi connectivity index (χ1v) is 11.4. The molecule has 0 radical (unpaired) electrons. The van der Waals surface area contributed by atoms with Crippen molar-refractivity contribution in [3.05, 3.63) is 54.0 Å². The van der Waals surface area contributed by atoms with Crippen LogP contribution in [-0.4, -0.2) is 31.2 Å². The van der Waals surface area contributed by atoms with Crippen LogP contribution in [0.1, 0.15) is 30.9 Å². The number of hydrogen-bond acceptors (Lipinski definition) is 5. The van der Waals surface area contributed by atoms with Crippen LogP contribution in [0.5, 0.6) is 5.75 Å². The highest BCUT2D eigenvalue weighted by Crippen LogP contribution is 2.44. The molecule has 2 aromatic heterocycles. The third kappa shape index (κ3) is 4.76. The number of fused-ring (bicyclic) bond motifs is 2. The van der Waals surface area contributed by atoms with Crippen LogP contribution < -0.4 is 10.1 Å². The Labute approximate surface area is 199 Å². The van der Waals surface area contributed by atoms with Crippen LogP contribution >= 0.6 is 56.8 Å². The molecule has 4 rings (SSSR count). The highest BCUT2D eigenvalue weighted by Gasteiger charge is 2.27. The van der Waals surface area contributed by atoms with Crippen LogP contribution in [0.3, 0.4) is 0 Å². The molecule has 0 fully saturated rings. The van der Waals surface area contributed by atoms with Crippen molar-refractivity contribution < 1.29 is 9.13 Å². The third-order valence-corrected chi connectivity index (χ3v) is 5.95. The van der Waals surface area contributed by atoms with Crippen molar-refractivity contribution >= 4 is 74.0 Å². The molecule has 1 N–H and O–H groups in total. The van der Waals surface area contributed by atoms with E-state index in [1.807, 2.05) is 19.1 Å². The molecule has 6 nitrogen and oxygen atoms in total. The lowest BCUT2D eigenvalue weighted by Gasteiger charge is -2.23. The molecular weight excluding hydrogens is 623 g/mol. The average molecular weight is 640 g/mol. The molecule has 1 aliphatic rings. The van der Waals surface area contributed by atoms with E-state index in [4.69, 9.17) is 16.3 Å². The Kier molecular flexibility index (Phi) is 5.90. The predicted octanol–water partition coefficient (Wildman–Crippen LogP) is 5.70. The molecule has 0 saturated carbocycles. The van der Waals surface area contributed by atoms with Gasteiger partial charge in [-0.05, 0) is 88.7 Å². The molecule has 1 aromatic carbocycles. The number of benzene rings is 1.